The van der Waals surface area contributed by atoms with E-state index in [0.29, 0.717) is 23.4 Å². The Labute approximate surface area is 128 Å². The van der Waals surface area contributed by atoms with Crippen molar-refractivity contribution in [2.45, 2.75) is 6.54 Å². The molecule has 2 aromatic carbocycles. The first-order valence-electron chi connectivity index (χ1n) is 6.88. The lowest BCUT2D eigenvalue weighted by atomic mass is 10.1. The van der Waals surface area contributed by atoms with Gasteiger partial charge in [-0.25, -0.2) is 9.78 Å². The van der Waals surface area contributed by atoms with Crippen molar-refractivity contribution in [1.82, 2.24) is 9.55 Å². The summed E-state index contributed by atoms with van der Waals surface area (Å²) in [6.07, 6.45) is 1.73. The minimum Gasteiger partial charge on any atom is -0.496 e. The number of ether oxygens (including phenoxy) is 2. The van der Waals surface area contributed by atoms with Crippen LogP contribution in [0.25, 0.3) is 11.0 Å². The molecule has 0 aliphatic heterocycles. The number of methoxy groups -OCH3 is 2. The first kappa shape index (κ1) is 14.1. The predicted molar refractivity (Wildman–Crippen MR) is 83.2 cm³/mol. The molecule has 5 nitrogen and oxygen atoms in total. The van der Waals surface area contributed by atoms with Crippen molar-refractivity contribution >= 4 is 17.0 Å². The molecular formula is C17H16N2O3. The number of imidazole rings is 1. The number of carbonyl (C=O) groups excluding carboxylic acids is 1. The van der Waals surface area contributed by atoms with E-state index in [9.17, 15) is 4.79 Å². The molecule has 0 fully saturated rings. The number of benzene rings is 2. The van der Waals surface area contributed by atoms with E-state index in [1.807, 2.05) is 28.8 Å². The summed E-state index contributed by atoms with van der Waals surface area (Å²) in [5.41, 5.74) is 2.97. The highest BCUT2D eigenvalue weighted by Gasteiger charge is 2.20. The van der Waals surface area contributed by atoms with Crippen LogP contribution in [0.1, 0.15) is 15.9 Å². The quantitative estimate of drug-likeness (QED) is 0.695. The van der Waals surface area contributed by atoms with Crippen molar-refractivity contribution in [3.8, 4) is 5.75 Å². The van der Waals surface area contributed by atoms with Crippen molar-refractivity contribution in [2.24, 2.45) is 0 Å². The molecule has 0 aliphatic carbocycles. The second-order valence-corrected chi connectivity index (χ2v) is 4.86. The van der Waals surface area contributed by atoms with Crippen LogP contribution in [0.3, 0.4) is 0 Å². The Morgan fingerprint density at radius 3 is 2.59 bits per heavy atom. The van der Waals surface area contributed by atoms with Crippen molar-refractivity contribution < 1.29 is 14.3 Å². The van der Waals surface area contributed by atoms with E-state index < -0.39 is 5.97 Å². The summed E-state index contributed by atoms with van der Waals surface area (Å²) < 4.78 is 12.1. The highest BCUT2D eigenvalue weighted by Crippen LogP contribution is 2.28. The summed E-state index contributed by atoms with van der Waals surface area (Å²) in [6.45, 7) is 0.685. The molecule has 1 heterocycles. The lowest BCUT2D eigenvalue weighted by molar-refractivity contribution is 0.0599. The number of hydrogen-bond donors (Lipinski definition) is 0. The Kier molecular flexibility index (Phi) is 3.78. The molecule has 0 radical (unpaired) electrons. The van der Waals surface area contributed by atoms with Crippen LogP contribution in [0, 0.1) is 0 Å². The molecule has 3 aromatic rings. The van der Waals surface area contributed by atoms with Gasteiger partial charge in [0.05, 0.1) is 26.1 Å². The van der Waals surface area contributed by atoms with Gasteiger partial charge in [0.15, 0.2) is 0 Å². The van der Waals surface area contributed by atoms with Crippen LogP contribution < -0.4 is 4.74 Å². The molecule has 5 heteroatoms. The number of esters is 1. The molecule has 22 heavy (non-hydrogen) atoms. The average Bonchev–Trinajstić information content (AvgIpc) is 2.97. The van der Waals surface area contributed by atoms with Crippen LogP contribution in [-0.2, 0) is 11.3 Å². The van der Waals surface area contributed by atoms with E-state index >= 15 is 0 Å². The van der Waals surface area contributed by atoms with E-state index in [0.717, 1.165) is 11.1 Å². The van der Waals surface area contributed by atoms with Crippen LogP contribution >= 0.6 is 0 Å². The Bertz CT molecular complexity index is 809. The highest BCUT2D eigenvalue weighted by atomic mass is 16.5. The van der Waals surface area contributed by atoms with Gasteiger partial charge in [0.1, 0.15) is 16.8 Å². The first-order valence-corrected chi connectivity index (χ1v) is 6.88. The van der Waals surface area contributed by atoms with Crippen LogP contribution in [0.5, 0.6) is 5.75 Å². The van der Waals surface area contributed by atoms with Gasteiger partial charge in [-0.1, -0.05) is 30.3 Å². The van der Waals surface area contributed by atoms with Gasteiger partial charge in [-0.3, -0.25) is 0 Å². The molecule has 0 saturated carbocycles. The van der Waals surface area contributed by atoms with E-state index in [1.54, 1.807) is 12.4 Å². The lowest BCUT2D eigenvalue weighted by Crippen LogP contribution is -2.05. The summed E-state index contributed by atoms with van der Waals surface area (Å²) in [6, 6.07) is 13.7. The van der Waals surface area contributed by atoms with Gasteiger partial charge < -0.3 is 14.0 Å². The minimum absolute atomic E-state index is 0.356. The standard InChI is InChI=1S/C17H16N2O3/c1-21-14-9-8-13-16(15(14)17(20)22-2)18-11-19(13)10-12-6-4-3-5-7-12/h3-9,11H,10H2,1-2H3. The molecule has 0 bridgehead atoms. The normalized spacial score (nSPS) is 10.6. The summed E-state index contributed by atoms with van der Waals surface area (Å²) in [5.74, 6) is 0.0109. The van der Waals surface area contributed by atoms with Gasteiger partial charge in [-0.2, -0.15) is 0 Å². The third-order valence-corrected chi connectivity index (χ3v) is 3.56. The zero-order valence-electron chi connectivity index (χ0n) is 12.4. The van der Waals surface area contributed by atoms with Crippen LogP contribution in [0.2, 0.25) is 0 Å². The fourth-order valence-electron chi connectivity index (χ4n) is 2.49. The fraction of sp³-hybridized carbons (Fsp3) is 0.176. The van der Waals surface area contributed by atoms with Gasteiger partial charge in [0, 0.05) is 6.54 Å². The molecular weight excluding hydrogens is 280 g/mol. The van der Waals surface area contributed by atoms with Crippen LogP contribution in [0.4, 0.5) is 0 Å². The number of aromatic nitrogens is 2. The number of rotatable bonds is 4. The third-order valence-electron chi connectivity index (χ3n) is 3.56. The Morgan fingerprint density at radius 2 is 1.91 bits per heavy atom. The van der Waals surface area contributed by atoms with E-state index in [4.69, 9.17) is 9.47 Å². The zero-order valence-corrected chi connectivity index (χ0v) is 12.4. The smallest absolute Gasteiger partial charge is 0.343 e. The topological polar surface area (TPSA) is 53.4 Å². The Morgan fingerprint density at radius 1 is 1.14 bits per heavy atom. The second kappa shape index (κ2) is 5.89. The largest absolute Gasteiger partial charge is 0.496 e. The van der Waals surface area contributed by atoms with Gasteiger partial charge >= 0.3 is 5.97 Å². The van der Waals surface area contributed by atoms with Crippen LogP contribution in [0.15, 0.2) is 48.8 Å². The summed E-state index contributed by atoms with van der Waals surface area (Å²) in [7, 11) is 2.87. The maximum Gasteiger partial charge on any atom is 0.343 e. The maximum atomic E-state index is 12.0. The molecule has 0 spiro atoms. The molecule has 1 aromatic heterocycles. The summed E-state index contributed by atoms with van der Waals surface area (Å²) in [5, 5.41) is 0. The van der Waals surface area contributed by atoms with Crippen molar-refractivity contribution in [3.63, 3.8) is 0 Å². The summed E-state index contributed by atoms with van der Waals surface area (Å²) >= 11 is 0. The van der Waals surface area contributed by atoms with Gasteiger partial charge in [-0.15, -0.1) is 0 Å². The second-order valence-electron chi connectivity index (χ2n) is 4.86. The average molecular weight is 296 g/mol. The van der Waals surface area contributed by atoms with E-state index in [-0.39, 0.29) is 0 Å². The van der Waals surface area contributed by atoms with E-state index in [1.165, 1.54) is 14.2 Å². The molecule has 0 atom stereocenters. The molecule has 0 unspecified atom stereocenters. The molecule has 112 valence electrons. The summed E-state index contributed by atoms with van der Waals surface area (Å²) in [4.78, 5) is 16.4. The monoisotopic (exact) mass is 296 g/mol. The third kappa shape index (κ3) is 2.41. The number of carbonyl (C=O) groups is 1. The number of fused-ring (bicyclic) bond motifs is 1. The molecule has 0 N–H and O–H groups in total. The Balaban J connectivity index is 2.10. The van der Waals surface area contributed by atoms with E-state index in [2.05, 4.69) is 17.1 Å². The molecule has 3 rings (SSSR count). The minimum atomic E-state index is -0.451. The van der Waals surface area contributed by atoms with Crippen molar-refractivity contribution in [1.29, 1.82) is 0 Å². The van der Waals surface area contributed by atoms with Gasteiger partial charge in [-0.05, 0) is 17.7 Å². The highest BCUT2D eigenvalue weighted by molar-refractivity contribution is 6.04. The maximum absolute atomic E-state index is 12.0. The molecule has 0 saturated heterocycles. The first-order chi connectivity index (χ1) is 10.7. The zero-order chi connectivity index (χ0) is 15.5. The van der Waals surface area contributed by atoms with Gasteiger partial charge in [0.2, 0.25) is 0 Å². The fourth-order valence-corrected chi connectivity index (χ4v) is 2.49. The van der Waals surface area contributed by atoms with Crippen molar-refractivity contribution in [3.05, 3.63) is 59.9 Å². The number of nitrogens with zero attached hydrogens (tertiary/aromatic N) is 2. The van der Waals surface area contributed by atoms with Crippen molar-refractivity contribution in [2.75, 3.05) is 14.2 Å². The molecule has 0 aliphatic rings. The van der Waals surface area contributed by atoms with Gasteiger partial charge in [0.25, 0.3) is 0 Å². The SMILES string of the molecule is COC(=O)c1c(OC)ccc2c1ncn2Cc1ccccc1. The lowest BCUT2D eigenvalue weighted by Gasteiger charge is -2.09. The Hall–Kier alpha value is -2.82. The van der Waals surface area contributed by atoms with Crippen LogP contribution in [-0.4, -0.2) is 29.7 Å². The predicted octanol–water partition coefficient (Wildman–Crippen LogP) is 2.88. The molecule has 0 amide bonds. The number of hydrogen-bond acceptors (Lipinski definition) is 4.